The quantitative estimate of drug-likeness (QED) is 0.928. The average Bonchev–Trinajstić information content (AvgIpc) is 2.89. The van der Waals surface area contributed by atoms with Gasteiger partial charge >= 0.3 is 6.36 Å². The summed E-state index contributed by atoms with van der Waals surface area (Å²) in [5.74, 6) is -0.701. The molecule has 1 aliphatic rings. The number of rotatable bonds is 3. The number of ether oxygens (including phenoxy) is 1. The molecular formula is C13H16ClF3N2O2. The molecule has 0 aliphatic carbocycles. The Bertz CT molecular complexity index is 491. The minimum absolute atomic E-state index is 0. The fourth-order valence-electron chi connectivity index (χ4n) is 2.17. The van der Waals surface area contributed by atoms with Crippen molar-refractivity contribution in [3.8, 4) is 5.75 Å². The molecule has 1 aromatic carbocycles. The van der Waals surface area contributed by atoms with Gasteiger partial charge in [-0.3, -0.25) is 4.79 Å². The SMILES string of the molecule is CN(C(=O)c1cccc(OC(F)(F)F)c1)[C@H]1CCNC1.Cl. The number of hydrogen-bond donors (Lipinski definition) is 1. The Balaban J connectivity index is 0.00000220. The molecule has 0 saturated carbocycles. The predicted octanol–water partition coefficient (Wildman–Crippen LogP) is 2.44. The maximum Gasteiger partial charge on any atom is 0.573 e. The molecule has 4 nitrogen and oxygen atoms in total. The summed E-state index contributed by atoms with van der Waals surface area (Å²) in [7, 11) is 1.65. The van der Waals surface area contributed by atoms with Gasteiger partial charge in [-0.2, -0.15) is 0 Å². The van der Waals surface area contributed by atoms with Crippen LogP contribution in [-0.4, -0.2) is 43.3 Å². The second-order valence-corrected chi connectivity index (χ2v) is 4.64. The molecule has 0 spiro atoms. The van der Waals surface area contributed by atoms with Gasteiger partial charge in [-0.1, -0.05) is 6.07 Å². The van der Waals surface area contributed by atoms with Crippen molar-refractivity contribution in [2.24, 2.45) is 0 Å². The van der Waals surface area contributed by atoms with Crippen molar-refractivity contribution in [3.05, 3.63) is 29.8 Å². The number of nitrogens with one attached hydrogen (secondary N) is 1. The maximum absolute atomic E-state index is 12.2. The van der Waals surface area contributed by atoms with Gasteiger partial charge in [0.05, 0.1) is 0 Å². The van der Waals surface area contributed by atoms with E-state index >= 15 is 0 Å². The third-order valence-electron chi connectivity index (χ3n) is 3.22. The molecule has 118 valence electrons. The molecule has 1 fully saturated rings. The lowest BCUT2D eigenvalue weighted by atomic mass is 10.1. The number of hydrogen-bond acceptors (Lipinski definition) is 3. The van der Waals surface area contributed by atoms with E-state index in [0.29, 0.717) is 6.54 Å². The lowest BCUT2D eigenvalue weighted by Crippen LogP contribution is -2.38. The predicted molar refractivity (Wildman–Crippen MR) is 73.7 cm³/mol. The Morgan fingerprint density at radius 3 is 2.71 bits per heavy atom. The summed E-state index contributed by atoms with van der Waals surface area (Å²) >= 11 is 0. The van der Waals surface area contributed by atoms with E-state index in [1.807, 2.05) is 0 Å². The lowest BCUT2D eigenvalue weighted by molar-refractivity contribution is -0.274. The number of benzene rings is 1. The Kier molecular flexibility index (Phi) is 5.86. The number of nitrogens with zero attached hydrogens (tertiary/aromatic N) is 1. The standard InChI is InChI=1S/C13H15F3N2O2.ClH/c1-18(10-5-6-17-8-10)12(19)9-3-2-4-11(7-9)20-13(14,15)16;/h2-4,7,10,17H,5-6,8H2,1H3;1H/t10-;/m0./s1. The Morgan fingerprint density at radius 2 is 2.14 bits per heavy atom. The van der Waals surface area contributed by atoms with Gasteiger partial charge in [-0.15, -0.1) is 25.6 Å². The molecule has 0 aromatic heterocycles. The van der Waals surface area contributed by atoms with Gasteiger partial charge in [0.15, 0.2) is 0 Å². The molecule has 0 radical (unpaired) electrons. The van der Waals surface area contributed by atoms with E-state index in [9.17, 15) is 18.0 Å². The van der Waals surface area contributed by atoms with Gasteiger partial charge in [-0.05, 0) is 31.2 Å². The second kappa shape index (κ2) is 7.00. The van der Waals surface area contributed by atoms with Crippen molar-refractivity contribution in [1.29, 1.82) is 0 Å². The highest BCUT2D eigenvalue weighted by Crippen LogP contribution is 2.24. The van der Waals surface area contributed by atoms with Gasteiger partial charge in [-0.25, -0.2) is 0 Å². The first-order valence-electron chi connectivity index (χ1n) is 6.20. The summed E-state index contributed by atoms with van der Waals surface area (Å²) < 4.78 is 40.3. The smallest absolute Gasteiger partial charge is 0.406 e. The number of halogens is 4. The number of likely N-dealkylation sites (N-methyl/N-ethyl adjacent to an activating group) is 1. The fraction of sp³-hybridized carbons (Fsp3) is 0.462. The topological polar surface area (TPSA) is 41.6 Å². The molecule has 1 aromatic rings. The van der Waals surface area contributed by atoms with E-state index in [1.165, 1.54) is 18.2 Å². The first-order valence-corrected chi connectivity index (χ1v) is 6.20. The summed E-state index contributed by atoms with van der Waals surface area (Å²) in [5.41, 5.74) is 0.182. The van der Waals surface area contributed by atoms with Crippen LogP contribution in [0.3, 0.4) is 0 Å². The van der Waals surface area contributed by atoms with Crippen molar-refractivity contribution in [2.75, 3.05) is 20.1 Å². The van der Waals surface area contributed by atoms with Crippen molar-refractivity contribution in [1.82, 2.24) is 10.2 Å². The van der Waals surface area contributed by atoms with Crippen molar-refractivity contribution < 1.29 is 22.7 Å². The third-order valence-corrected chi connectivity index (χ3v) is 3.22. The van der Waals surface area contributed by atoms with Gasteiger partial charge in [0.25, 0.3) is 5.91 Å². The molecule has 1 heterocycles. The highest BCUT2D eigenvalue weighted by atomic mass is 35.5. The lowest BCUT2D eigenvalue weighted by Gasteiger charge is -2.24. The van der Waals surface area contributed by atoms with E-state index < -0.39 is 6.36 Å². The molecule has 1 N–H and O–H groups in total. The van der Waals surface area contributed by atoms with Crippen LogP contribution in [0.5, 0.6) is 5.75 Å². The molecule has 21 heavy (non-hydrogen) atoms. The van der Waals surface area contributed by atoms with Crippen LogP contribution in [0.2, 0.25) is 0 Å². The molecule has 1 saturated heterocycles. The van der Waals surface area contributed by atoms with Gasteiger partial charge in [0.1, 0.15) is 5.75 Å². The number of alkyl halides is 3. The number of amides is 1. The minimum Gasteiger partial charge on any atom is -0.406 e. The zero-order valence-corrected chi connectivity index (χ0v) is 12.1. The van der Waals surface area contributed by atoms with E-state index in [2.05, 4.69) is 10.1 Å². The molecular weight excluding hydrogens is 309 g/mol. The zero-order valence-electron chi connectivity index (χ0n) is 11.3. The van der Waals surface area contributed by atoms with Crippen LogP contribution in [0.4, 0.5) is 13.2 Å². The minimum atomic E-state index is -4.76. The number of carbonyl (C=O) groups excluding carboxylic acids is 1. The monoisotopic (exact) mass is 324 g/mol. The van der Waals surface area contributed by atoms with Crippen LogP contribution >= 0.6 is 12.4 Å². The van der Waals surface area contributed by atoms with Crippen LogP contribution in [0.15, 0.2) is 24.3 Å². The average molecular weight is 325 g/mol. The van der Waals surface area contributed by atoms with E-state index in [-0.39, 0.29) is 35.7 Å². The van der Waals surface area contributed by atoms with Gasteiger partial charge in [0, 0.05) is 25.2 Å². The summed E-state index contributed by atoms with van der Waals surface area (Å²) in [5, 5.41) is 3.13. The zero-order chi connectivity index (χ0) is 14.8. The molecule has 1 atom stereocenters. The second-order valence-electron chi connectivity index (χ2n) is 4.64. The van der Waals surface area contributed by atoms with Crippen LogP contribution in [0.1, 0.15) is 16.8 Å². The molecule has 0 unspecified atom stereocenters. The molecule has 0 bridgehead atoms. The Morgan fingerprint density at radius 1 is 1.43 bits per heavy atom. The van der Waals surface area contributed by atoms with Crippen LogP contribution in [0, 0.1) is 0 Å². The summed E-state index contributed by atoms with van der Waals surface area (Å²) in [6, 6.07) is 5.19. The highest BCUT2D eigenvalue weighted by molar-refractivity contribution is 5.94. The van der Waals surface area contributed by atoms with Crippen molar-refractivity contribution >= 4 is 18.3 Å². The summed E-state index contributed by atoms with van der Waals surface area (Å²) in [4.78, 5) is 13.8. The maximum atomic E-state index is 12.2. The van der Waals surface area contributed by atoms with Crippen LogP contribution in [0.25, 0.3) is 0 Å². The largest absolute Gasteiger partial charge is 0.573 e. The molecule has 1 amide bonds. The summed E-state index contributed by atoms with van der Waals surface area (Å²) in [6.07, 6.45) is -3.93. The Hall–Kier alpha value is -1.47. The third kappa shape index (κ3) is 4.78. The van der Waals surface area contributed by atoms with E-state index in [4.69, 9.17) is 0 Å². The van der Waals surface area contributed by atoms with Gasteiger partial charge in [0.2, 0.25) is 0 Å². The Labute approximate surface area is 126 Å². The normalized spacial score (nSPS) is 18.0. The molecule has 2 rings (SSSR count). The van der Waals surface area contributed by atoms with E-state index in [0.717, 1.165) is 19.0 Å². The highest BCUT2D eigenvalue weighted by Gasteiger charge is 2.31. The van der Waals surface area contributed by atoms with Crippen LogP contribution in [-0.2, 0) is 0 Å². The van der Waals surface area contributed by atoms with Crippen molar-refractivity contribution in [3.63, 3.8) is 0 Å². The van der Waals surface area contributed by atoms with Gasteiger partial charge < -0.3 is 15.0 Å². The first kappa shape index (κ1) is 17.6. The van der Waals surface area contributed by atoms with E-state index in [1.54, 1.807) is 11.9 Å². The molecule has 8 heteroatoms. The summed E-state index contributed by atoms with van der Waals surface area (Å²) in [6.45, 7) is 1.53. The van der Waals surface area contributed by atoms with Crippen LogP contribution < -0.4 is 10.1 Å². The molecule has 1 aliphatic heterocycles. The number of carbonyl (C=O) groups is 1. The fourth-order valence-corrected chi connectivity index (χ4v) is 2.17. The van der Waals surface area contributed by atoms with Crippen molar-refractivity contribution in [2.45, 2.75) is 18.8 Å². The first-order chi connectivity index (χ1) is 9.37.